The number of sulfonamides is 1. The van der Waals surface area contributed by atoms with Crippen LogP contribution in [0.15, 0.2) is 11.6 Å². The molecule has 0 unspecified atom stereocenters. The van der Waals surface area contributed by atoms with Gasteiger partial charge in [0, 0.05) is 24.5 Å². The van der Waals surface area contributed by atoms with Crippen LogP contribution in [0.1, 0.15) is 18.9 Å². The molecule has 0 aliphatic carbocycles. The van der Waals surface area contributed by atoms with E-state index in [2.05, 4.69) is 9.71 Å². The maximum atomic E-state index is 11.3. The Morgan fingerprint density at radius 1 is 1.57 bits per heavy atom. The molecular formula is C8H14N2O2S2. The summed E-state index contributed by atoms with van der Waals surface area (Å²) in [6, 6.07) is 0. The zero-order valence-electron chi connectivity index (χ0n) is 8.23. The summed E-state index contributed by atoms with van der Waals surface area (Å²) in [6.07, 6.45) is 2.38. The van der Waals surface area contributed by atoms with Crippen molar-refractivity contribution in [1.82, 2.24) is 9.71 Å². The van der Waals surface area contributed by atoms with Gasteiger partial charge < -0.3 is 0 Å². The van der Waals surface area contributed by atoms with Crippen molar-refractivity contribution in [2.24, 2.45) is 0 Å². The highest BCUT2D eigenvalue weighted by Crippen LogP contribution is 2.04. The van der Waals surface area contributed by atoms with E-state index in [0.717, 1.165) is 5.01 Å². The van der Waals surface area contributed by atoms with Crippen LogP contribution in [0.4, 0.5) is 0 Å². The van der Waals surface area contributed by atoms with Crippen LogP contribution in [-0.2, 0) is 16.4 Å². The Bertz CT molecular complexity index is 357. The first kappa shape index (κ1) is 11.6. The van der Waals surface area contributed by atoms with Crippen molar-refractivity contribution in [1.29, 1.82) is 0 Å². The number of nitrogens with zero attached hydrogens (tertiary/aromatic N) is 1. The second-order valence-electron chi connectivity index (χ2n) is 3.16. The molecular weight excluding hydrogens is 220 g/mol. The Kier molecular flexibility index (Phi) is 4.03. The van der Waals surface area contributed by atoms with Crippen molar-refractivity contribution >= 4 is 21.4 Å². The lowest BCUT2D eigenvalue weighted by molar-refractivity contribution is 0.572. The highest BCUT2D eigenvalue weighted by Gasteiger charge is 2.14. The molecule has 0 fully saturated rings. The predicted octanol–water partition coefficient (Wildman–Crippen LogP) is 1.01. The van der Waals surface area contributed by atoms with Crippen molar-refractivity contribution in [3.63, 3.8) is 0 Å². The summed E-state index contributed by atoms with van der Waals surface area (Å²) in [7, 11) is -3.12. The Morgan fingerprint density at radius 2 is 2.29 bits per heavy atom. The summed E-state index contributed by atoms with van der Waals surface area (Å²) in [5.74, 6) is 0. The van der Waals surface area contributed by atoms with Gasteiger partial charge in [0.15, 0.2) is 0 Å². The summed E-state index contributed by atoms with van der Waals surface area (Å²) in [5.41, 5.74) is 0. The molecule has 0 spiro atoms. The largest absolute Gasteiger partial charge is 0.250 e. The van der Waals surface area contributed by atoms with Crippen LogP contribution >= 0.6 is 11.3 Å². The Labute approximate surface area is 88.4 Å². The van der Waals surface area contributed by atoms with Crippen LogP contribution in [0.5, 0.6) is 0 Å². The monoisotopic (exact) mass is 234 g/mol. The topological polar surface area (TPSA) is 59.1 Å². The number of thiazole rings is 1. The van der Waals surface area contributed by atoms with Gasteiger partial charge in [0.1, 0.15) is 0 Å². The second kappa shape index (κ2) is 4.86. The van der Waals surface area contributed by atoms with Crippen molar-refractivity contribution in [3.8, 4) is 0 Å². The SMILES string of the molecule is CC(C)S(=O)(=O)NCCc1nccs1. The summed E-state index contributed by atoms with van der Waals surface area (Å²) in [4.78, 5) is 4.06. The highest BCUT2D eigenvalue weighted by molar-refractivity contribution is 7.90. The molecule has 1 aromatic heterocycles. The minimum absolute atomic E-state index is 0.376. The maximum Gasteiger partial charge on any atom is 0.213 e. The zero-order chi connectivity index (χ0) is 10.6. The molecule has 14 heavy (non-hydrogen) atoms. The van der Waals surface area contributed by atoms with Crippen LogP contribution in [0.3, 0.4) is 0 Å². The van der Waals surface area contributed by atoms with E-state index in [1.165, 1.54) is 11.3 Å². The van der Waals surface area contributed by atoms with E-state index < -0.39 is 10.0 Å². The molecule has 1 rings (SSSR count). The third kappa shape index (κ3) is 3.36. The highest BCUT2D eigenvalue weighted by atomic mass is 32.2. The van der Waals surface area contributed by atoms with E-state index >= 15 is 0 Å². The molecule has 0 atom stereocenters. The molecule has 1 heterocycles. The minimum atomic E-state index is -3.12. The van der Waals surface area contributed by atoms with Gasteiger partial charge in [-0.25, -0.2) is 18.1 Å². The fourth-order valence-electron chi connectivity index (χ4n) is 0.843. The van der Waals surface area contributed by atoms with Crippen LogP contribution in [0, 0.1) is 0 Å². The third-order valence-corrected chi connectivity index (χ3v) is 4.43. The fourth-order valence-corrected chi connectivity index (χ4v) is 2.18. The van der Waals surface area contributed by atoms with Gasteiger partial charge in [0.2, 0.25) is 10.0 Å². The van der Waals surface area contributed by atoms with E-state index in [1.807, 2.05) is 5.38 Å². The first-order chi connectivity index (χ1) is 6.52. The summed E-state index contributed by atoms with van der Waals surface area (Å²) in [5, 5.41) is 2.46. The first-order valence-corrected chi connectivity index (χ1v) is 6.82. The fraction of sp³-hybridized carbons (Fsp3) is 0.625. The molecule has 0 aromatic carbocycles. The first-order valence-electron chi connectivity index (χ1n) is 4.39. The summed E-state index contributed by atoms with van der Waals surface area (Å²) < 4.78 is 25.2. The molecule has 4 nitrogen and oxygen atoms in total. The standard InChI is InChI=1S/C8H14N2O2S2/c1-7(2)14(11,12)10-4-3-8-9-5-6-13-8/h5-7,10H,3-4H2,1-2H3. The van der Waals surface area contributed by atoms with Gasteiger partial charge in [-0.1, -0.05) is 0 Å². The van der Waals surface area contributed by atoms with Gasteiger partial charge in [0.05, 0.1) is 10.3 Å². The smallest absolute Gasteiger partial charge is 0.213 e. The maximum absolute atomic E-state index is 11.3. The normalized spacial score (nSPS) is 12.2. The van der Waals surface area contributed by atoms with Crippen LogP contribution in [0.2, 0.25) is 0 Å². The van der Waals surface area contributed by atoms with Gasteiger partial charge in [-0.3, -0.25) is 0 Å². The lowest BCUT2D eigenvalue weighted by Crippen LogP contribution is -2.32. The van der Waals surface area contributed by atoms with E-state index in [-0.39, 0.29) is 5.25 Å². The lowest BCUT2D eigenvalue weighted by atomic mass is 10.5. The molecule has 1 aromatic rings. The van der Waals surface area contributed by atoms with E-state index in [0.29, 0.717) is 13.0 Å². The van der Waals surface area contributed by atoms with Crippen molar-refractivity contribution in [2.75, 3.05) is 6.54 Å². The summed E-state index contributed by atoms with van der Waals surface area (Å²) >= 11 is 1.54. The Morgan fingerprint density at radius 3 is 2.79 bits per heavy atom. The number of rotatable bonds is 5. The number of aromatic nitrogens is 1. The van der Waals surface area contributed by atoms with Crippen molar-refractivity contribution in [3.05, 3.63) is 16.6 Å². The molecule has 0 saturated heterocycles. The lowest BCUT2D eigenvalue weighted by Gasteiger charge is -2.07. The Balaban J connectivity index is 2.36. The van der Waals surface area contributed by atoms with Crippen LogP contribution < -0.4 is 4.72 Å². The zero-order valence-corrected chi connectivity index (χ0v) is 9.86. The van der Waals surface area contributed by atoms with Crippen LogP contribution in [0.25, 0.3) is 0 Å². The van der Waals surface area contributed by atoms with Gasteiger partial charge >= 0.3 is 0 Å². The molecule has 0 aliphatic rings. The van der Waals surface area contributed by atoms with Gasteiger partial charge in [-0.2, -0.15) is 0 Å². The van der Waals surface area contributed by atoms with Crippen LogP contribution in [-0.4, -0.2) is 25.2 Å². The molecule has 0 bridgehead atoms. The van der Waals surface area contributed by atoms with Gasteiger partial charge in [0.25, 0.3) is 0 Å². The Hall–Kier alpha value is -0.460. The second-order valence-corrected chi connectivity index (χ2v) is 6.46. The molecule has 0 aliphatic heterocycles. The van der Waals surface area contributed by atoms with Gasteiger partial charge in [-0.05, 0) is 13.8 Å². The predicted molar refractivity (Wildman–Crippen MR) is 57.9 cm³/mol. The molecule has 6 heteroatoms. The average molecular weight is 234 g/mol. The average Bonchev–Trinajstić information content (AvgIpc) is 2.56. The van der Waals surface area contributed by atoms with E-state index in [1.54, 1.807) is 20.0 Å². The molecule has 0 amide bonds. The molecule has 1 N–H and O–H groups in total. The quantitative estimate of drug-likeness (QED) is 0.827. The molecule has 80 valence electrons. The third-order valence-electron chi connectivity index (χ3n) is 1.75. The van der Waals surface area contributed by atoms with Crippen molar-refractivity contribution < 1.29 is 8.42 Å². The van der Waals surface area contributed by atoms with E-state index in [4.69, 9.17) is 0 Å². The van der Waals surface area contributed by atoms with E-state index in [9.17, 15) is 8.42 Å². The number of nitrogens with one attached hydrogen (secondary N) is 1. The summed E-state index contributed by atoms with van der Waals surface area (Å²) in [6.45, 7) is 3.74. The number of hydrogen-bond donors (Lipinski definition) is 1. The molecule has 0 radical (unpaired) electrons. The molecule has 0 saturated carbocycles. The van der Waals surface area contributed by atoms with Crippen molar-refractivity contribution in [2.45, 2.75) is 25.5 Å². The van der Waals surface area contributed by atoms with Gasteiger partial charge in [-0.15, -0.1) is 11.3 Å². The number of hydrogen-bond acceptors (Lipinski definition) is 4. The minimum Gasteiger partial charge on any atom is -0.250 e.